The van der Waals surface area contributed by atoms with E-state index in [1.54, 1.807) is 0 Å². The van der Waals surface area contributed by atoms with Crippen molar-refractivity contribution in [3.63, 3.8) is 0 Å². The molecule has 0 amide bonds. The standard InChI is InChI=1S/C16H12BrNO/c1-11-5-4-8-18-15(11)9-13(16(18)10-19)12-6-2-3-7-14(12)17/h2-10H,1H3. The maximum absolute atomic E-state index is 11.5. The summed E-state index contributed by atoms with van der Waals surface area (Å²) >= 11 is 3.55. The molecule has 0 bridgehead atoms. The smallest absolute Gasteiger partial charge is 0.167 e. The number of hydrogen-bond donors (Lipinski definition) is 0. The van der Waals surface area contributed by atoms with Gasteiger partial charge in [0.1, 0.15) is 0 Å². The molecule has 0 saturated carbocycles. The van der Waals surface area contributed by atoms with Gasteiger partial charge in [-0.15, -0.1) is 0 Å². The number of benzene rings is 1. The first-order valence-corrected chi connectivity index (χ1v) is 6.82. The SMILES string of the molecule is Cc1cccn2c(C=O)c(-c3ccccc3Br)cc12. The number of fused-ring (bicyclic) bond motifs is 1. The van der Waals surface area contributed by atoms with Crippen molar-refractivity contribution >= 4 is 27.7 Å². The van der Waals surface area contributed by atoms with Crippen LogP contribution in [0.5, 0.6) is 0 Å². The van der Waals surface area contributed by atoms with E-state index in [9.17, 15) is 4.79 Å². The number of carbonyl (C=O) groups is 1. The van der Waals surface area contributed by atoms with Crippen LogP contribution in [-0.4, -0.2) is 10.7 Å². The van der Waals surface area contributed by atoms with Crippen LogP contribution in [0.25, 0.3) is 16.6 Å². The number of carbonyl (C=O) groups excluding carboxylic acids is 1. The molecule has 0 atom stereocenters. The van der Waals surface area contributed by atoms with Gasteiger partial charge in [-0.2, -0.15) is 0 Å². The molecule has 0 spiro atoms. The average molecular weight is 314 g/mol. The summed E-state index contributed by atoms with van der Waals surface area (Å²) in [6.45, 7) is 2.05. The lowest BCUT2D eigenvalue weighted by Gasteiger charge is -2.03. The zero-order valence-corrected chi connectivity index (χ0v) is 12.0. The zero-order valence-electron chi connectivity index (χ0n) is 10.4. The molecule has 0 fully saturated rings. The third-order valence-corrected chi connectivity index (χ3v) is 4.03. The normalized spacial score (nSPS) is 10.8. The Morgan fingerprint density at radius 3 is 2.63 bits per heavy atom. The molecule has 2 aromatic heterocycles. The van der Waals surface area contributed by atoms with Crippen LogP contribution in [0.15, 0.2) is 53.1 Å². The molecule has 3 heteroatoms. The fourth-order valence-electron chi connectivity index (χ4n) is 2.38. The molecule has 94 valence electrons. The number of aldehydes is 1. The van der Waals surface area contributed by atoms with Gasteiger partial charge in [-0.1, -0.05) is 40.2 Å². The highest BCUT2D eigenvalue weighted by atomic mass is 79.9. The highest BCUT2D eigenvalue weighted by Gasteiger charge is 2.14. The first-order valence-electron chi connectivity index (χ1n) is 6.03. The summed E-state index contributed by atoms with van der Waals surface area (Å²) in [5.41, 5.74) is 4.90. The van der Waals surface area contributed by atoms with Gasteiger partial charge in [0.2, 0.25) is 0 Å². The summed E-state index contributed by atoms with van der Waals surface area (Å²) in [6, 6.07) is 14.0. The van der Waals surface area contributed by atoms with E-state index in [4.69, 9.17) is 0 Å². The average Bonchev–Trinajstić information content (AvgIpc) is 2.79. The second kappa shape index (κ2) is 4.67. The van der Waals surface area contributed by atoms with E-state index < -0.39 is 0 Å². The van der Waals surface area contributed by atoms with Crippen molar-refractivity contribution in [2.75, 3.05) is 0 Å². The summed E-state index contributed by atoms with van der Waals surface area (Å²) in [6.07, 6.45) is 2.84. The number of aryl methyl sites for hydroxylation is 1. The van der Waals surface area contributed by atoms with Gasteiger partial charge in [-0.25, -0.2) is 0 Å². The lowest BCUT2D eigenvalue weighted by molar-refractivity contribution is 0.111. The summed E-state index contributed by atoms with van der Waals surface area (Å²) in [5, 5.41) is 0. The lowest BCUT2D eigenvalue weighted by atomic mass is 10.1. The van der Waals surface area contributed by atoms with Gasteiger partial charge in [0.05, 0.1) is 5.69 Å². The predicted octanol–water partition coefficient (Wildman–Crippen LogP) is 4.49. The minimum absolute atomic E-state index is 0.686. The fourth-order valence-corrected chi connectivity index (χ4v) is 2.88. The third-order valence-electron chi connectivity index (χ3n) is 3.34. The number of halogens is 1. The molecule has 0 aliphatic heterocycles. The Morgan fingerprint density at radius 1 is 1.11 bits per heavy atom. The quantitative estimate of drug-likeness (QED) is 0.639. The number of pyridine rings is 1. The second-order valence-electron chi connectivity index (χ2n) is 4.49. The minimum Gasteiger partial charge on any atom is -0.313 e. The Labute approximate surface area is 119 Å². The molecular formula is C16H12BrNO. The van der Waals surface area contributed by atoms with E-state index in [1.165, 1.54) is 0 Å². The van der Waals surface area contributed by atoms with Crippen molar-refractivity contribution in [3.8, 4) is 11.1 Å². The Bertz CT molecular complexity index is 774. The number of hydrogen-bond acceptors (Lipinski definition) is 1. The topological polar surface area (TPSA) is 21.5 Å². The number of nitrogens with zero attached hydrogens (tertiary/aromatic N) is 1. The van der Waals surface area contributed by atoms with Crippen LogP contribution in [0.4, 0.5) is 0 Å². The van der Waals surface area contributed by atoms with Crippen LogP contribution in [0.3, 0.4) is 0 Å². The molecule has 19 heavy (non-hydrogen) atoms. The molecule has 2 nitrogen and oxygen atoms in total. The molecule has 0 saturated heterocycles. The molecule has 0 aliphatic rings. The van der Waals surface area contributed by atoms with Gasteiger partial charge in [0.25, 0.3) is 0 Å². The summed E-state index contributed by atoms with van der Waals surface area (Å²) in [5.74, 6) is 0. The minimum atomic E-state index is 0.686. The van der Waals surface area contributed by atoms with E-state index in [0.717, 1.165) is 33.0 Å². The highest BCUT2D eigenvalue weighted by Crippen LogP contribution is 2.33. The Kier molecular flexibility index (Phi) is 2.99. The van der Waals surface area contributed by atoms with E-state index >= 15 is 0 Å². The Hall–Kier alpha value is -1.87. The molecule has 3 aromatic rings. The van der Waals surface area contributed by atoms with Gasteiger partial charge in [-0.3, -0.25) is 4.79 Å². The van der Waals surface area contributed by atoms with Gasteiger partial charge in [0, 0.05) is 21.7 Å². The van der Waals surface area contributed by atoms with Crippen LogP contribution in [0.2, 0.25) is 0 Å². The van der Waals surface area contributed by atoms with Crippen molar-refractivity contribution < 1.29 is 4.79 Å². The molecule has 0 N–H and O–H groups in total. The maximum Gasteiger partial charge on any atom is 0.167 e. The van der Waals surface area contributed by atoms with E-state index in [-0.39, 0.29) is 0 Å². The molecule has 0 unspecified atom stereocenters. The predicted molar refractivity (Wildman–Crippen MR) is 80.7 cm³/mol. The summed E-state index contributed by atoms with van der Waals surface area (Å²) in [7, 11) is 0. The van der Waals surface area contributed by atoms with E-state index in [0.29, 0.717) is 5.69 Å². The van der Waals surface area contributed by atoms with Gasteiger partial charge in [-0.05, 0) is 36.2 Å². The van der Waals surface area contributed by atoms with E-state index in [1.807, 2.05) is 53.9 Å². The van der Waals surface area contributed by atoms with E-state index in [2.05, 4.69) is 22.0 Å². The van der Waals surface area contributed by atoms with Gasteiger partial charge >= 0.3 is 0 Å². The van der Waals surface area contributed by atoms with Crippen molar-refractivity contribution in [1.29, 1.82) is 0 Å². The third kappa shape index (κ3) is 1.90. The molecule has 3 rings (SSSR count). The maximum atomic E-state index is 11.5. The number of aromatic nitrogens is 1. The molecule has 1 aromatic carbocycles. The van der Waals surface area contributed by atoms with Crippen molar-refractivity contribution in [1.82, 2.24) is 4.40 Å². The van der Waals surface area contributed by atoms with Crippen molar-refractivity contribution in [2.45, 2.75) is 6.92 Å². The van der Waals surface area contributed by atoms with Crippen LogP contribution in [-0.2, 0) is 0 Å². The first-order chi connectivity index (χ1) is 9.22. The van der Waals surface area contributed by atoms with Crippen LogP contribution in [0, 0.1) is 6.92 Å². The largest absolute Gasteiger partial charge is 0.313 e. The molecule has 2 heterocycles. The highest BCUT2D eigenvalue weighted by molar-refractivity contribution is 9.10. The second-order valence-corrected chi connectivity index (χ2v) is 5.34. The van der Waals surface area contributed by atoms with Crippen molar-refractivity contribution in [3.05, 3.63) is 64.4 Å². The number of rotatable bonds is 2. The van der Waals surface area contributed by atoms with Crippen LogP contribution < -0.4 is 0 Å². The Balaban J connectivity index is 2.39. The van der Waals surface area contributed by atoms with Gasteiger partial charge in [0.15, 0.2) is 6.29 Å². The first kappa shape index (κ1) is 12.2. The molecular weight excluding hydrogens is 302 g/mol. The molecule has 0 radical (unpaired) electrons. The zero-order chi connectivity index (χ0) is 13.4. The van der Waals surface area contributed by atoms with Gasteiger partial charge < -0.3 is 4.40 Å². The van der Waals surface area contributed by atoms with Crippen molar-refractivity contribution in [2.24, 2.45) is 0 Å². The molecule has 0 aliphatic carbocycles. The fraction of sp³-hybridized carbons (Fsp3) is 0.0625. The monoisotopic (exact) mass is 313 g/mol. The lowest BCUT2D eigenvalue weighted by Crippen LogP contribution is -1.93. The van der Waals surface area contributed by atoms with Crippen LogP contribution >= 0.6 is 15.9 Å². The van der Waals surface area contributed by atoms with Crippen LogP contribution in [0.1, 0.15) is 16.1 Å². The summed E-state index contributed by atoms with van der Waals surface area (Å²) in [4.78, 5) is 11.5. The summed E-state index contributed by atoms with van der Waals surface area (Å²) < 4.78 is 2.93. The Morgan fingerprint density at radius 2 is 1.89 bits per heavy atom.